The molecule has 5 heteroatoms. The standard InChI is InChI=1S/C11H8ClN3S/c12-6-9-7-15(14-13-9)10-1-2-11-8(5-10)3-4-16-11/h1-5,7H,6H2. The van der Waals surface area contributed by atoms with Crippen LogP contribution in [0.25, 0.3) is 15.8 Å². The van der Waals surface area contributed by atoms with Crippen LogP contribution in [0.5, 0.6) is 0 Å². The lowest BCUT2D eigenvalue weighted by atomic mass is 10.2. The normalized spacial score (nSPS) is 11.1. The van der Waals surface area contributed by atoms with E-state index in [1.165, 1.54) is 10.1 Å². The molecule has 80 valence electrons. The minimum Gasteiger partial charge on any atom is -0.220 e. The molecule has 16 heavy (non-hydrogen) atoms. The Morgan fingerprint density at radius 2 is 2.25 bits per heavy atom. The molecule has 0 atom stereocenters. The Morgan fingerprint density at radius 1 is 1.31 bits per heavy atom. The monoisotopic (exact) mass is 249 g/mol. The molecule has 0 amide bonds. The summed E-state index contributed by atoms with van der Waals surface area (Å²) in [5.41, 5.74) is 1.79. The van der Waals surface area contributed by atoms with E-state index in [2.05, 4.69) is 33.9 Å². The van der Waals surface area contributed by atoms with E-state index in [-0.39, 0.29) is 0 Å². The molecule has 0 saturated carbocycles. The van der Waals surface area contributed by atoms with E-state index in [1.807, 2.05) is 12.3 Å². The topological polar surface area (TPSA) is 30.7 Å². The van der Waals surface area contributed by atoms with Crippen molar-refractivity contribution in [2.24, 2.45) is 0 Å². The van der Waals surface area contributed by atoms with Crippen molar-refractivity contribution in [3.8, 4) is 5.69 Å². The van der Waals surface area contributed by atoms with Crippen LogP contribution in [0.2, 0.25) is 0 Å². The average Bonchev–Trinajstić information content (AvgIpc) is 2.96. The predicted octanol–water partition coefficient (Wildman–Crippen LogP) is 3.22. The van der Waals surface area contributed by atoms with Gasteiger partial charge in [0.05, 0.1) is 23.5 Å². The lowest BCUT2D eigenvalue weighted by Crippen LogP contribution is -1.93. The van der Waals surface area contributed by atoms with Crippen LogP contribution in [0.4, 0.5) is 0 Å². The van der Waals surface area contributed by atoms with Crippen molar-refractivity contribution in [2.75, 3.05) is 0 Å². The van der Waals surface area contributed by atoms with Crippen LogP contribution in [-0.2, 0) is 5.88 Å². The van der Waals surface area contributed by atoms with Crippen LogP contribution in [0.15, 0.2) is 35.8 Å². The van der Waals surface area contributed by atoms with Crippen molar-refractivity contribution in [1.82, 2.24) is 15.0 Å². The lowest BCUT2D eigenvalue weighted by molar-refractivity contribution is 0.801. The molecular formula is C11H8ClN3S. The highest BCUT2D eigenvalue weighted by Crippen LogP contribution is 2.23. The van der Waals surface area contributed by atoms with Gasteiger partial charge in [-0.1, -0.05) is 5.21 Å². The van der Waals surface area contributed by atoms with E-state index in [1.54, 1.807) is 16.0 Å². The maximum atomic E-state index is 5.69. The third-order valence-corrected chi connectivity index (χ3v) is 3.55. The number of hydrogen-bond donors (Lipinski definition) is 0. The molecule has 2 aromatic heterocycles. The number of fused-ring (bicyclic) bond motifs is 1. The molecule has 0 unspecified atom stereocenters. The number of benzene rings is 1. The highest BCUT2D eigenvalue weighted by Gasteiger charge is 2.03. The van der Waals surface area contributed by atoms with E-state index >= 15 is 0 Å². The minimum atomic E-state index is 0.390. The van der Waals surface area contributed by atoms with Crippen molar-refractivity contribution >= 4 is 33.0 Å². The van der Waals surface area contributed by atoms with Crippen LogP contribution in [0, 0.1) is 0 Å². The number of aromatic nitrogens is 3. The SMILES string of the molecule is ClCc1cn(-c2ccc3sccc3c2)nn1. The van der Waals surface area contributed by atoms with Gasteiger partial charge in [0.1, 0.15) is 0 Å². The predicted molar refractivity (Wildman–Crippen MR) is 66.3 cm³/mol. The van der Waals surface area contributed by atoms with Crippen LogP contribution >= 0.6 is 22.9 Å². The van der Waals surface area contributed by atoms with Gasteiger partial charge >= 0.3 is 0 Å². The molecule has 0 saturated heterocycles. The van der Waals surface area contributed by atoms with Gasteiger partial charge in [0.15, 0.2) is 0 Å². The fraction of sp³-hybridized carbons (Fsp3) is 0.0909. The van der Waals surface area contributed by atoms with Gasteiger partial charge in [0, 0.05) is 4.70 Å². The third-order valence-electron chi connectivity index (χ3n) is 2.38. The van der Waals surface area contributed by atoms with Gasteiger partial charge in [-0.15, -0.1) is 28.0 Å². The summed E-state index contributed by atoms with van der Waals surface area (Å²) < 4.78 is 3.02. The maximum absolute atomic E-state index is 5.69. The van der Waals surface area contributed by atoms with Crippen LogP contribution in [-0.4, -0.2) is 15.0 Å². The van der Waals surface area contributed by atoms with Crippen LogP contribution in [0.3, 0.4) is 0 Å². The number of thiophene rings is 1. The molecule has 0 aliphatic rings. The van der Waals surface area contributed by atoms with Crippen LogP contribution < -0.4 is 0 Å². The Balaban J connectivity index is 2.10. The first kappa shape index (κ1) is 9.81. The van der Waals surface area contributed by atoms with Gasteiger partial charge in [-0.2, -0.15) is 0 Å². The molecule has 3 rings (SSSR count). The molecule has 3 aromatic rings. The van der Waals surface area contributed by atoms with Gasteiger partial charge in [-0.05, 0) is 35.0 Å². The molecule has 1 aromatic carbocycles. The van der Waals surface area contributed by atoms with Gasteiger partial charge in [-0.3, -0.25) is 0 Å². The molecule has 2 heterocycles. The Bertz CT molecular complexity index is 629. The average molecular weight is 250 g/mol. The molecular weight excluding hydrogens is 242 g/mol. The molecule has 0 spiro atoms. The van der Waals surface area contributed by atoms with Crippen molar-refractivity contribution in [2.45, 2.75) is 5.88 Å². The van der Waals surface area contributed by atoms with Gasteiger partial charge in [-0.25, -0.2) is 4.68 Å². The van der Waals surface area contributed by atoms with Crippen molar-refractivity contribution < 1.29 is 0 Å². The van der Waals surface area contributed by atoms with Crippen molar-refractivity contribution in [3.63, 3.8) is 0 Å². The summed E-state index contributed by atoms with van der Waals surface area (Å²) in [6, 6.07) is 8.32. The number of rotatable bonds is 2. The second-order valence-electron chi connectivity index (χ2n) is 3.43. The highest BCUT2D eigenvalue weighted by atomic mass is 35.5. The fourth-order valence-corrected chi connectivity index (χ4v) is 2.48. The maximum Gasteiger partial charge on any atom is 0.0979 e. The second-order valence-corrected chi connectivity index (χ2v) is 4.65. The molecule has 0 aliphatic carbocycles. The first-order chi connectivity index (χ1) is 7.86. The van der Waals surface area contributed by atoms with E-state index in [0.29, 0.717) is 5.88 Å². The second kappa shape index (κ2) is 3.88. The van der Waals surface area contributed by atoms with Crippen LogP contribution in [0.1, 0.15) is 5.69 Å². The van der Waals surface area contributed by atoms with E-state index in [4.69, 9.17) is 11.6 Å². The number of alkyl halides is 1. The quantitative estimate of drug-likeness (QED) is 0.653. The first-order valence-corrected chi connectivity index (χ1v) is 6.23. The molecule has 0 bridgehead atoms. The Hall–Kier alpha value is -1.39. The zero-order valence-corrected chi connectivity index (χ0v) is 9.87. The van der Waals surface area contributed by atoms with Crippen molar-refractivity contribution in [3.05, 3.63) is 41.5 Å². The van der Waals surface area contributed by atoms with Gasteiger partial charge in [0.25, 0.3) is 0 Å². The Labute approximate surface area is 101 Å². The molecule has 0 aliphatic heterocycles. The minimum absolute atomic E-state index is 0.390. The van der Waals surface area contributed by atoms with E-state index in [9.17, 15) is 0 Å². The molecule has 0 fully saturated rings. The summed E-state index contributed by atoms with van der Waals surface area (Å²) in [6.07, 6.45) is 1.85. The highest BCUT2D eigenvalue weighted by molar-refractivity contribution is 7.17. The summed E-state index contributed by atoms with van der Waals surface area (Å²) in [6.45, 7) is 0. The smallest absolute Gasteiger partial charge is 0.0979 e. The van der Waals surface area contributed by atoms with Gasteiger partial charge < -0.3 is 0 Å². The summed E-state index contributed by atoms with van der Waals surface area (Å²) >= 11 is 7.43. The van der Waals surface area contributed by atoms with Gasteiger partial charge in [0.2, 0.25) is 0 Å². The van der Waals surface area contributed by atoms with Crippen molar-refractivity contribution in [1.29, 1.82) is 0 Å². The summed E-state index contributed by atoms with van der Waals surface area (Å²) in [4.78, 5) is 0. The number of hydrogen-bond acceptors (Lipinski definition) is 3. The first-order valence-electron chi connectivity index (χ1n) is 4.81. The summed E-state index contributed by atoms with van der Waals surface area (Å²) in [5.74, 6) is 0.390. The van der Waals surface area contributed by atoms with E-state index < -0.39 is 0 Å². The van der Waals surface area contributed by atoms with E-state index in [0.717, 1.165) is 11.4 Å². The largest absolute Gasteiger partial charge is 0.220 e. The lowest BCUT2D eigenvalue weighted by Gasteiger charge is -1.99. The number of nitrogens with zero attached hydrogens (tertiary/aromatic N) is 3. The summed E-state index contributed by atoms with van der Waals surface area (Å²) in [7, 11) is 0. The Morgan fingerprint density at radius 3 is 3.06 bits per heavy atom. The number of halogens is 1. The zero-order chi connectivity index (χ0) is 11.0. The summed E-state index contributed by atoms with van der Waals surface area (Å²) in [5, 5.41) is 11.3. The fourth-order valence-electron chi connectivity index (χ4n) is 1.58. The zero-order valence-electron chi connectivity index (χ0n) is 8.30. The molecule has 0 N–H and O–H groups in total. The third kappa shape index (κ3) is 1.60. The molecule has 0 radical (unpaired) electrons. The molecule has 3 nitrogen and oxygen atoms in total. The Kier molecular flexibility index (Phi) is 2.38.